The Morgan fingerprint density at radius 2 is 2.11 bits per heavy atom. The predicted octanol–water partition coefficient (Wildman–Crippen LogP) is 2.09. The van der Waals surface area contributed by atoms with E-state index in [0.29, 0.717) is 12.5 Å². The lowest BCUT2D eigenvalue weighted by Gasteiger charge is -2.40. The van der Waals surface area contributed by atoms with Gasteiger partial charge in [-0.25, -0.2) is 0 Å². The van der Waals surface area contributed by atoms with E-state index in [1.165, 1.54) is 6.42 Å². The van der Waals surface area contributed by atoms with Gasteiger partial charge in [-0.2, -0.15) is 0 Å². The quantitative estimate of drug-likeness (QED) is 0.791. The second kappa shape index (κ2) is 6.53. The molecule has 1 aliphatic rings. The second-order valence-corrected chi connectivity index (χ2v) is 6.28. The van der Waals surface area contributed by atoms with Gasteiger partial charge in [0, 0.05) is 18.1 Å². The van der Waals surface area contributed by atoms with Crippen molar-refractivity contribution in [3.8, 4) is 0 Å². The molecule has 1 fully saturated rings. The van der Waals surface area contributed by atoms with Crippen molar-refractivity contribution in [3.05, 3.63) is 0 Å². The summed E-state index contributed by atoms with van der Waals surface area (Å²) in [4.78, 5) is 13.5. The SMILES string of the molecule is CCC(C(=O)O)N1CCCCC1CNC(C)(C)C. The highest BCUT2D eigenvalue weighted by Gasteiger charge is 2.32. The van der Waals surface area contributed by atoms with E-state index in [9.17, 15) is 9.90 Å². The maximum atomic E-state index is 11.3. The number of nitrogens with one attached hydrogen (secondary N) is 1. The number of likely N-dealkylation sites (tertiary alicyclic amines) is 1. The number of aliphatic carboxylic acids is 1. The van der Waals surface area contributed by atoms with Gasteiger partial charge in [-0.15, -0.1) is 0 Å². The third-order valence-electron chi connectivity index (χ3n) is 3.61. The Balaban J connectivity index is 2.64. The van der Waals surface area contributed by atoms with Crippen LogP contribution >= 0.6 is 0 Å². The monoisotopic (exact) mass is 256 g/mol. The Morgan fingerprint density at radius 3 is 2.61 bits per heavy atom. The first-order valence-electron chi connectivity index (χ1n) is 7.08. The van der Waals surface area contributed by atoms with E-state index in [2.05, 4.69) is 31.0 Å². The average Bonchev–Trinajstić information content (AvgIpc) is 2.27. The molecule has 1 heterocycles. The Kier molecular flexibility index (Phi) is 5.60. The van der Waals surface area contributed by atoms with E-state index < -0.39 is 5.97 Å². The summed E-state index contributed by atoms with van der Waals surface area (Å²) in [5.41, 5.74) is 0.0913. The molecule has 2 atom stereocenters. The summed E-state index contributed by atoms with van der Waals surface area (Å²) in [5, 5.41) is 12.8. The molecule has 0 radical (unpaired) electrons. The van der Waals surface area contributed by atoms with Crippen LogP contribution in [0.5, 0.6) is 0 Å². The largest absolute Gasteiger partial charge is 0.480 e. The molecule has 2 unspecified atom stereocenters. The standard InChI is InChI=1S/C14H28N2O2/c1-5-12(13(17)18)16-9-7-6-8-11(16)10-15-14(2,3)4/h11-12,15H,5-10H2,1-4H3,(H,17,18). The number of carbonyl (C=O) groups is 1. The zero-order chi connectivity index (χ0) is 13.8. The van der Waals surface area contributed by atoms with Crippen molar-refractivity contribution < 1.29 is 9.90 Å². The van der Waals surface area contributed by atoms with Crippen LogP contribution in [-0.4, -0.2) is 46.7 Å². The Labute approximate surface area is 111 Å². The molecule has 4 nitrogen and oxygen atoms in total. The molecule has 0 aromatic rings. The molecular formula is C14H28N2O2. The number of hydrogen-bond acceptors (Lipinski definition) is 3. The van der Waals surface area contributed by atoms with Crippen LogP contribution in [-0.2, 0) is 4.79 Å². The molecular weight excluding hydrogens is 228 g/mol. The second-order valence-electron chi connectivity index (χ2n) is 6.28. The molecule has 0 saturated carbocycles. The maximum Gasteiger partial charge on any atom is 0.320 e. The Bertz CT molecular complexity index is 273. The summed E-state index contributed by atoms with van der Waals surface area (Å²) >= 11 is 0. The number of piperidine rings is 1. The topological polar surface area (TPSA) is 52.6 Å². The molecule has 0 aliphatic carbocycles. The lowest BCUT2D eigenvalue weighted by Crippen LogP contribution is -2.54. The third kappa shape index (κ3) is 4.58. The van der Waals surface area contributed by atoms with Gasteiger partial charge in [0.1, 0.15) is 6.04 Å². The fourth-order valence-corrected chi connectivity index (χ4v) is 2.63. The molecule has 0 spiro atoms. The summed E-state index contributed by atoms with van der Waals surface area (Å²) < 4.78 is 0. The van der Waals surface area contributed by atoms with Gasteiger partial charge in [-0.05, 0) is 46.6 Å². The van der Waals surface area contributed by atoms with Gasteiger partial charge in [-0.3, -0.25) is 9.69 Å². The normalized spacial score (nSPS) is 23.9. The zero-order valence-electron chi connectivity index (χ0n) is 12.2. The molecule has 0 aromatic heterocycles. The van der Waals surface area contributed by atoms with Crippen molar-refractivity contribution >= 4 is 5.97 Å². The summed E-state index contributed by atoms with van der Waals surface area (Å²) in [7, 11) is 0. The summed E-state index contributed by atoms with van der Waals surface area (Å²) in [5.74, 6) is -0.680. The van der Waals surface area contributed by atoms with Crippen LogP contribution in [0.3, 0.4) is 0 Å². The Morgan fingerprint density at radius 1 is 1.44 bits per heavy atom. The van der Waals surface area contributed by atoms with Crippen molar-refractivity contribution in [1.82, 2.24) is 10.2 Å². The molecule has 1 rings (SSSR count). The maximum absolute atomic E-state index is 11.3. The number of rotatable bonds is 5. The molecule has 4 heteroatoms. The van der Waals surface area contributed by atoms with Crippen LogP contribution in [0.1, 0.15) is 53.4 Å². The van der Waals surface area contributed by atoms with E-state index in [1.54, 1.807) is 0 Å². The van der Waals surface area contributed by atoms with Crippen molar-refractivity contribution in [1.29, 1.82) is 0 Å². The van der Waals surface area contributed by atoms with Crippen LogP contribution in [0, 0.1) is 0 Å². The van der Waals surface area contributed by atoms with E-state index in [-0.39, 0.29) is 11.6 Å². The van der Waals surface area contributed by atoms with Crippen molar-refractivity contribution in [2.75, 3.05) is 13.1 Å². The van der Waals surface area contributed by atoms with E-state index >= 15 is 0 Å². The molecule has 0 amide bonds. The van der Waals surface area contributed by atoms with Gasteiger partial charge in [0.15, 0.2) is 0 Å². The summed E-state index contributed by atoms with van der Waals surface area (Å²) in [6.07, 6.45) is 4.12. The van der Waals surface area contributed by atoms with Crippen LogP contribution < -0.4 is 5.32 Å². The van der Waals surface area contributed by atoms with Crippen LogP contribution in [0.25, 0.3) is 0 Å². The highest BCUT2D eigenvalue weighted by Crippen LogP contribution is 2.21. The third-order valence-corrected chi connectivity index (χ3v) is 3.61. The van der Waals surface area contributed by atoms with Gasteiger partial charge in [0.05, 0.1) is 0 Å². The molecule has 1 saturated heterocycles. The highest BCUT2D eigenvalue weighted by atomic mass is 16.4. The minimum Gasteiger partial charge on any atom is -0.480 e. The molecule has 0 bridgehead atoms. The van der Waals surface area contributed by atoms with Crippen molar-refractivity contribution in [3.63, 3.8) is 0 Å². The molecule has 2 N–H and O–H groups in total. The lowest BCUT2D eigenvalue weighted by atomic mass is 9.97. The van der Waals surface area contributed by atoms with E-state index in [0.717, 1.165) is 25.9 Å². The first-order valence-corrected chi connectivity index (χ1v) is 7.08. The average molecular weight is 256 g/mol. The fourth-order valence-electron chi connectivity index (χ4n) is 2.63. The zero-order valence-corrected chi connectivity index (χ0v) is 12.2. The lowest BCUT2D eigenvalue weighted by molar-refractivity contribution is -0.145. The predicted molar refractivity (Wildman–Crippen MR) is 73.8 cm³/mol. The minimum absolute atomic E-state index is 0.0913. The van der Waals surface area contributed by atoms with E-state index in [4.69, 9.17) is 0 Å². The van der Waals surface area contributed by atoms with Gasteiger partial charge in [0.2, 0.25) is 0 Å². The van der Waals surface area contributed by atoms with Gasteiger partial charge in [-0.1, -0.05) is 13.3 Å². The summed E-state index contributed by atoms with van der Waals surface area (Å²) in [6, 6.07) is 0.0380. The first-order chi connectivity index (χ1) is 8.35. The van der Waals surface area contributed by atoms with Gasteiger partial charge < -0.3 is 10.4 Å². The van der Waals surface area contributed by atoms with Gasteiger partial charge >= 0.3 is 5.97 Å². The van der Waals surface area contributed by atoms with Crippen molar-refractivity contribution in [2.24, 2.45) is 0 Å². The molecule has 18 heavy (non-hydrogen) atoms. The number of hydrogen-bond donors (Lipinski definition) is 2. The van der Waals surface area contributed by atoms with E-state index in [1.807, 2.05) is 6.92 Å². The summed E-state index contributed by atoms with van der Waals surface area (Å²) in [6.45, 7) is 10.2. The van der Waals surface area contributed by atoms with Crippen LogP contribution in [0.4, 0.5) is 0 Å². The highest BCUT2D eigenvalue weighted by molar-refractivity contribution is 5.73. The van der Waals surface area contributed by atoms with Gasteiger partial charge in [0.25, 0.3) is 0 Å². The van der Waals surface area contributed by atoms with Crippen LogP contribution in [0.15, 0.2) is 0 Å². The minimum atomic E-state index is -0.680. The fraction of sp³-hybridized carbons (Fsp3) is 0.929. The van der Waals surface area contributed by atoms with Crippen LogP contribution in [0.2, 0.25) is 0 Å². The molecule has 106 valence electrons. The number of carboxylic acid groups (broad SMARTS) is 1. The first kappa shape index (κ1) is 15.4. The molecule has 0 aromatic carbocycles. The Hall–Kier alpha value is -0.610. The molecule has 1 aliphatic heterocycles. The van der Waals surface area contributed by atoms with Crippen molar-refractivity contribution in [2.45, 2.75) is 71.0 Å². The number of nitrogens with zero attached hydrogens (tertiary/aromatic N) is 1. The number of carboxylic acids is 1. The smallest absolute Gasteiger partial charge is 0.320 e.